The van der Waals surface area contributed by atoms with E-state index in [1.54, 1.807) is 23.6 Å². The number of aliphatic imine (C=N–C) groups is 1. The van der Waals surface area contributed by atoms with Crippen LogP contribution in [0.1, 0.15) is 12.5 Å². The number of hydrogen-bond donors (Lipinski definition) is 0. The van der Waals surface area contributed by atoms with Crippen molar-refractivity contribution in [3.63, 3.8) is 0 Å². The number of benzene rings is 2. The lowest BCUT2D eigenvalue weighted by Crippen LogP contribution is -2.41. The van der Waals surface area contributed by atoms with Gasteiger partial charge in [0.15, 0.2) is 11.3 Å². The Morgan fingerprint density at radius 1 is 1.24 bits per heavy atom. The van der Waals surface area contributed by atoms with Crippen LogP contribution in [-0.2, 0) is 10.5 Å². The molecule has 2 aromatic rings. The van der Waals surface area contributed by atoms with Crippen molar-refractivity contribution in [3.8, 4) is 5.75 Å². The van der Waals surface area contributed by atoms with E-state index in [-0.39, 0.29) is 5.91 Å². The molecule has 4 nitrogen and oxygen atoms in total. The van der Waals surface area contributed by atoms with Crippen molar-refractivity contribution in [2.75, 3.05) is 13.1 Å². The second-order valence-electron chi connectivity index (χ2n) is 5.64. The van der Waals surface area contributed by atoms with E-state index in [2.05, 4.69) is 33.1 Å². The number of thioether (sulfide) groups is 1. The van der Waals surface area contributed by atoms with Gasteiger partial charge in [-0.25, -0.2) is 0 Å². The van der Waals surface area contributed by atoms with Crippen LogP contribution >= 0.6 is 27.7 Å². The van der Waals surface area contributed by atoms with E-state index < -0.39 is 6.10 Å². The number of carbonyl (C=O) groups is 1. The van der Waals surface area contributed by atoms with Gasteiger partial charge in [0.25, 0.3) is 5.91 Å². The average molecular weight is 419 g/mol. The van der Waals surface area contributed by atoms with Crippen LogP contribution in [-0.4, -0.2) is 35.2 Å². The Morgan fingerprint density at radius 2 is 1.96 bits per heavy atom. The molecule has 3 rings (SSSR count). The minimum Gasteiger partial charge on any atom is -0.481 e. The third kappa shape index (κ3) is 4.86. The van der Waals surface area contributed by atoms with Crippen LogP contribution in [0.4, 0.5) is 0 Å². The molecule has 0 saturated heterocycles. The van der Waals surface area contributed by atoms with Gasteiger partial charge in [0.2, 0.25) is 0 Å². The zero-order valence-electron chi connectivity index (χ0n) is 13.9. The van der Waals surface area contributed by atoms with E-state index in [1.165, 1.54) is 5.56 Å². The van der Waals surface area contributed by atoms with Crippen LogP contribution < -0.4 is 4.74 Å². The van der Waals surface area contributed by atoms with Crippen LogP contribution in [0.15, 0.2) is 64.1 Å². The van der Waals surface area contributed by atoms with Crippen LogP contribution in [0.3, 0.4) is 0 Å². The number of para-hydroxylation sites is 1. The van der Waals surface area contributed by atoms with E-state index in [9.17, 15) is 4.79 Å². The Labute approximate surface area is 160 Å². The molecule has 1 aliphatic rings. The van der Waals surface area contributed by atoms with Crippen molar-refractivity contribution in [2.45, 2.75) is 18.8 Å². The Morgan fingerprint density at radius 3 is 2.68 bits per heavy atom. The summed E-state index contributed by atoms with van der Waals surface area (Å²) in [5, 5.41) is 0.774. The molecule has 0 aliphatic carbocycles. The zero-order chi connectivity index (χ0) is 17.6. The first-order valence-electron chi connectivity index (χ1n) is 8.08. The van der Waals surface area contributed by atoms with E-state index in [0.717, 1.165) is 15.4 Å². The highest BCUT2D eigenvalue weighted by Crippen LogP contribution is 2.22. The average Bonchev–Trinajstić information content (AvgIpc) is 3.10. The molecule has 0 fully saturated rings. The molecule has 0 saturated carbocycles. The van der Waals surface area contributed by atoms with Gasteiger partial charge in [0.05, 0.1) is 6.54 Å². The third-order valence-corrected chi connectivity index (χ3v) is 5.37. The standard InChI is InChI=1S/C19H19BrN2O2S/c1-14(24-17-5-3-2-4-6-17)18(23)22-12-11-21-19(22)25-13-15-7-9-16(20)10-8-15/h2-10,14H,11-13H2,1H3. The second kappa shape index (κ2) is 8.54. The number of rotatable bonds is 5. The highest BCUT2D eigenvalue weighted by atomic mass is 79.9. The van der Waals surface area contributed by atoms with E-state index in [4.69, 9.17) is 4.74 Å². The lowest BCUT2D eigenvalue weighted by molar-refractivity contribution is -0.133. The minimum absolute atomic E-state index is 0.0524. The Bertz CT molecular complexity index is 750. The number of carbonyl (C=O) groups excluding carboxylic acids is 1. The number of halogens is 1. The molecular formula is C19H19BrN2O2S. The third-order valence-electron chi connectivity index (χ3n) is 3.75. The summed E-state index contributed by atoms with van der Waals surface area (Å²) >= 11 is 5.02. The fourth-order valence-corrected chi connectivity index (χ4v) is 3.73. The van der Waals surface area contributed by atoms with Crippen molar-refractivity contribution in [2.24, 2.45) is 4.99 Å². The van der Waals surface area contributed by atoms with Crippen LogP contribution in [0, 0.1) is 0 Å². The predicted octanol–water partition coefficient (Wildman–Crippen LogP) is 4.35. The van der Waals surface area contributed by atoms with E-state index in [1.807, 2.05) is 42.5 Å². The predicted molar refractivity (Wildman–Crippen MR) is 106 cm³/mol. The molecule has 0 bridgehead atoms. The summed E-state index contributed by atoms with van der Waals surface area (Å²) < 4.78 is 6.81. The van der Waals surface area contributed by atoms with Crippen molar-refractivity contribution in [1.29, 1.82) is 0 Å². The molecule has 2 aromatic carbocycles. The summed E-state index contributed by atoms with van der Waals surface area (Å²) in [5.74, 6) is 1.43. The van der Waals surface area contributed by atoms with Gasteiger partial charge in [-0.1, -0.05) is 58.0 Å². The summed E-state index contributed by atoms with van der Waals surface area (Å²) in [6.07, 6.45) is -0.543. The number of amides is 1. The first-order valence-corrected chi connectivity index (χ1v) is 9.86. The molecule has 130 valence electrons. The molecule has 6 heteroatoms. The zero-order valence-corrected chi connectivity index (χ0v) is 16.3. The highest BCUT2D eigenvalue weighted by molar-refractivity contribution is 9.10. The molecule has 1 amide bonds. The highest BCUT2D eigenvalue weighted by Gasteiger charge is 2.29. The monoisotopic (exact) mass is 418 g/mol. The van der Waals surface area contributed by atoms with Gasteiger partial charge in [-0.15, -0.1) is 0 Å². The Kier molecular flexibility index (Phi) is 6.15. The van der Waals surface area contributed by atoms with Gasteiger partial charge < -0.3 is 4.74 Å². The summed E-state index contributed by atoms with van der Waals surface area (Å²) in [5.41, 5.74) is 1.20. The SMILES string of the molecule is CC(Oc1ccccc1)C(=O)N1CCN=C1SCc1ccc(Br)cc1. The number of nitrogens with zero attached hydrogens (tertiary/aromatic N) is 2. The van der Waals surface area contributed by atoms with Gasteiger partial charge in [0.1, 0.15) is 5.75 Å². The lowest BCUT2D eigenvalue weighted by atomic mass is 10.2. The van der Waals surface area contributed by atoms with Crippen LogP contribution in [0.5, 0.6) is 5.75 Å². The molecule has 1 aliphatic heterocycles. The van der Waals surface area contributed by atoms with Crippen molar-refractivity contribution in [3.05, 3.63) is 64.6 Å². The maximum Gasteiger partial charge on any atom is 0.269 e. The quantitative estimate of drug-likeness (QED) is 0.724. The molecule has 0 spiro atoms. The largest absolute Gasteiger partial charge is 0.481 e. The first kappa shape index (κ1) is 18.0. The molecule has 1 heterocycles. The van der Waals surface area contributed by atoms with Crippen molar-refractivity contribution >= 4 is 38.8 Å². The normalized spacial score (nSPS) is 15.0. The Hall–Kier alpha value is -1.79. The molecule has 1 unspecified atom stereocenters. The number of ether oxygens (including phenoxy) is 1. The van der Waals surface area contributed by atoms with Gasteiger partial charge in [0, 0.05) is 16.8 Å². The number of hydrogen-bond acceptors (Lipinski definition) is 4. The molecular weight excluding hydrogens is 400 g/mol. The maximum atomic E-state index is 12.7. The smallest absolute Gasteiger partial charge is 0.269 e. The Balaban J connectivity index is 1.58. The van der Waals surface area contributed by atoms with Crippen LogP contribution in [0.25, 0.3) is 0 Å². The molecule has 25 heavy (non-hydrogen) atoms. The molecule has 0 N–H and O–H groups in total. The van der Waals surface area contributed by atoms with Crippen molar-refractivity contribution < 1.29 is 9.53 Å². The summed E-state index contributed by atoms with van der Waals surface area (Å²) in [6.45, 7) is 3.04. The number of amidine groups is 1. The fraction of sp³-hybridized carbons (Fsp3) is 0.263. The molecule has 0 radical (unpaired) electrons. The maximum absolute atomic E-state index is 12.7. The summed E-state index contributed by atoms with van der Waals surface area (Å²) in [6, 6.07) is 17.6. The second-order valence-corrected chi connectivity index (χ2v) is 7.50. The molecule has 0 aromatic heterocycles. The van der Waals surface area contributed by atoms with E-state index >= 15 is 0 Å². The fourth-order valence-electron chi connectivity index (χ4n) is 2.46. The summed E-state index contributed by atoms with van der Waals surface area (Å²) in [4.78, 5) is 18.9. The topological polar surface area (TPSA) is 41.9 Å². The lowest BCUT2D eigenvalue weighted by Gasteiger charge is -2.22. The van der Waals surface area contributed by atoms with Gasteiger partial charge >= 0.3 is 0 Å². The van der Waals surface area contributed by atoms with Gasteiger partial charge in [-0.3, -0.25) is 14.7 Å². The van der Waals surface area contributed by atoms with Crippen molar-refractivity contribution in [1.82, 2.24) is 4.90 Å². The van der Waals surface area contributed by atoms with Gasteiger partial charge in [-0.05, 0) is 36.8 Å². The molecule has 1 atom stereocenters. The minimum atomic E-state index is -0.543. The first-order chi connectivity index (χ1) is 12.1. The summed E-state index contributed by atoms with van der Waals surface area (Å²) in [7, 11) is 0. The van der Waals surface area contributed by atoms with E-state index in [0.29, 0.717) is 18.8 Å². The van der Waals surface area contributed by atoms with Gasteiger partial charge in [-0.2, -0.15) is 0 Å². The van der Waals surface area contributed by atoms with Crippen LogP contribution in [0.2, 0.25) is 0 Å².